The van der Waals surface area contributed by atoms with Gasteiger partial charge in [-0.15, -0.1) is 0 Å². The van der Waals surface area contributed by atoms with Gasteiger partial charge in [-0.1, -0.05) is 0 Å². The smallest absolute Gasteiger partial charge is 0.395 e. The van der Waals surface area contributed by atoms with Gasteiger partial charge in [-0.3, -0.25) is 13.6 Å². The Kier molecular flexibility index (Phi) is 4.96. The Labute approximate surface area is 66.7 Å². The summed E-state index contributed by atoms with van der Waals surface area (Å²) in [5.74, 6) is 0. The minimum absolute atomic E-state index is 0.448. The molecular formula is C4H10BO5P. The van der Waals surface area contributed by atoms with E-state index in [0.717, 1.165) is 14.2 Å². The average Bonchev–Trinajstić information content (AvgIpc) is 2.04. The molecule has 0 aromatic carbocycles. The number of hydrogen-bond acceptors (Lipinski definition) is 5. The highest BCUT2D eigenvalue weighted by molar-refractivity contribution is 7.48. The van der Waals surface area contributed by atoms with Gasteiger partial charge < -0.3 is 5.11 Å². The van der Waals surface area contributed by atoms with E-state index in [1.807, 2.05) is 0 Å². The van der Waals surface area contributed by atoms with E-state index >= 15 is 0 Å². The van der Waals surface area contributed by atoms with Crippen molar-refractivity contribution in [1.29, 1.82) is 0 Å². The summed E-state index contributed by atoms with van der Waals surface area (Å²) in [6, 6.07) is -1.05. The van der Waals surface area contributed by atoms with Crippen LogP contribution in [0.5, 0.6) is 0 Å². The number of phosphoric ester groups is 1. The Balaban J connectivity index is 3.97. The Hall–Kier alpha value is 0.135. The molecule has 5 nitrogen and oxygen atoms in total. The summed E-state index contributed by atoms with van der Waals surface area (Å²) in [4.78, 5) is 0. The highest BCUT2D eigenvalue weighted by atomic mass is 31.2. The van der Waals surface area contributed by atoms with Crippen molar-refractivity contribution in [3.63, 3.8) is 0 Å². The van der Waals surface area contributed by atoms with Crippen LogP contribution in [-0.2, 0) is 18.1 Å². The van der Waals surface area contributed by atoms with Gasteiger partial charge in [0.25, 0.3) is 0 Å². The van der Waals surface area contributed by atoms with E-state index in [1.165, 1.54) is 0 Å². The van der Waals surface area contributed by atoms with Crippen LogP contribution in [0.25, 0.3) is 0 Å². The van der Waals surface area contributed by atoms with E-state index in [4.69, 9.17) is 13.0 Å². The first-order chi connectivity index (χ1) is 5.08. The molecule has 64 valence electrons. The predicted octanol–water partition coefficient (Wildman–Crippen LogP) is -0.109. The zero-order chi connectivity index (χ0) is 8.91. The lowest BCUT2D eigenvalue weighted by atomic mass is 10.0. The molecule has 7 heteroatoms. The first-order valence-electron chi connectivity index (χ1n) is 2.84. The second-order valence-corrected chi connectivity index (χ2v) is 3.47. The molecule has 1 atom stereocenters. The highest BCUT2D eigenvalue weighted by Gasteiger charge is 2.24. The Morgan fingerprint density at radius 1 is 1.55 bits per heavy atom. The number of hydrogen-bond donors (Lipinski definition) is 1. The van der Waals surface area contributed by atoms with Gasteiger partial charge in [0.2, 0.25) is 0 Å². The van der Waals surface area contributed by atoms with Crippen LogP contribution in [-0.4, -0.2) is 39.8 Å². The van der Waals surface area contributed by atoms with Gasteiger partial charge >= 0.3 is 7.82 Å². The van der Waals surface area contributed by atoms with Crippen LogP contribution in [0, 0.1) is 0 Å². The third-order valence-electron chi connectivity index (χ3n) is 0.892. The Morgan fingerprint density at radius 2 is 2.00 bits per heavy atom. The first-order valence-corrected chi connectivity index (χ1v) is 4.30. The monoisotopic (exact) mass is 180 g/mol. The normalized spacial score (nSPS) is 14.8. The van der Waals surface area contributed by atoms with Crippen LogP contribution in [0.3, 0.4) is 0 Å². The van der Waals surface area contributed by atoms with Crippen molar-refractivity contribution in [2.45, 2.75) is 6.00 Å². The molecule has 0 spiro atoms. The quantitative estimate of drug-likeness (QED) is 0.472. The van der Waals surface area contributed by atoms with Crippen molar-refractivity contribution in [2.24, 2.45) is 0 Å². The van der Waals surface area contributed by atoms with Crippen LogP contribution in [0.1, 0.15) is 0 Å². The van der Waals surface area contributed by atoms with Crippen LogP contribution in [0.15, 0.2) is 0 Å². The van der Waals surface area contributed by atoms with Crippen molar-refractivity contribution in [3.8, 4) is 0 Å². The molecule has 0 aliphatic carbocycles. The standard InChI is InChI=1S/C4H10BO5P/c1-8-11(7,9-2)10-4(5)3-6/h4,6H,3H2,1-2H3. The molecule has 0 aliphatic rings. The molecule has 1 N–H and O–H groups in total. The van der Waals surface area contributed by atoms with Gasteiger partial charge in [-0.25, -0.2) is 4.57 Å². The lowest BCUT2D eigenvalue weighted by Gasteiger charge is -2.16. The summed E-state index contributed by atoms with van der Waals surface area (Å²) < 4.78 is 24.3. The van der Waals surface area contributed by atoms with Gasteiger partial charge in [-0.2, -0.15) is 0 Å². The topological polar surface area (TPSA) is 65.0 Å². The second kappa shape index (κ2) is 4.90. The zero-order valence-electron chi connectivity index (χ0n) is 6.39. The SMILES string of the molecule is [B]C(CO)OP(=O)(OC)OC. The predicted molar refractivity (Wildman–Crippen MR) is 39.3 cm³/mol. The fourth-order valence-corrected chi connectivity index (χ4v) is 1.08. The zero-order valence-corrected chi connectivity index (χ0v) is 7.28. The molecule has 0 bridgehead atoms. The first kappa shape index (κ1) is 11.1. The second-order valence-electron chi connectivity index (χ2n) is 1.64. The molecule has 11 heavy (non-hydrogen) atoms. The minimum atomic E-state index is -3.54. The third kappa shape index (κ3) is 3.89. The molecule has 0 fully saturated rings. The molecule has 0 saturated carbocycles. The Morgan fingerprint density at radius 3 is 2.27 bits per heavy atom. The van der Waals surface area contributed by atoms with Crippen LogP contribution in [0.4, 0.5) is 0 Å². The van der Waals surface area contributed by atoms with Gasteiger partial charge in [0.05, 0.1) is 12.6 Å². The number of aliphatic hydroxyl groups is 1. The third-order valence-corrected chi connectivity index (χ3v) is 2.32. The maximum atomic E-state index is 11.1. The van der Waals surface area contributed by atoms with E-state index in [0.29, 0.717) is 0 Å². The van der Waals surface area contributed by atoms with E-state index in [2.05, 4.69) is 13.6 Å². The fraction of sp³-hybridized carbons (Fsp3) is 1.00. The van der Waals surface area contributed by atoms with E-state index in [1.54, 1.807) is 0 Å². The average molecular weight is 180 g/mol. The summed E-state index contributed by atoms with van der Waals surface area (Å²) in [6.07, 6.45) is 0. The molecule has 1 unspecified atom stereocenters. The number of phosphoric acid groups is 1. The molecule has 0 amide bonds. The molecule has 0 saturated heterocycles. The lowest BCUT2D eigenvalue weighted by molar-refractivity contribution is 0.105. The van der Waals surface area contributed by atoms with Crippen molar-refractivity contribution >= 4 is 15.7 Å². The van der Waals surface area contributed by atoms with Crippen molar-refractivity contribution in [1.82, 2.24) is 0 Å². The minimum Gasteiger partial charge on any atom is -0.395 e. The summed E-state index contributed by atoms with van der Waals surface area (Å²) in [5, 5.41) is 8.41. The number of rotatable bonds is 5. The number of aliphatic hydroxyl groups excluding tert-OH is 1. The molecule has 2 radical (unpaired) electrons. The molecule has 0 heterocycles. The lowest BCUT2D eigenvalue weighted by Crippen LogP contribution is -2.16. The maximum Gasteiger partial charge on any atom is 0.473 e. The van der Waals surface area contributed by atoms with Crippen LogP contribution < -0.4 is 0 Å². The Bertz CT molecular complexity index is 143. The molecular weight excluding hydrogens is 170 g/mol. The van der Waals surface area contributed by atoms with E-state index in [9.17, 15) is 4.57 Å². The fourth-order valence-electron chi connectivity index (χ4n) is 0.360. The highest BCUT2D eigenvalue weighted by Crippen LogP contribution is 2.48. The summed E-state index contributed by atoms with van der Waals surface area (Å²) in [5.41, 5.74) is 0. The van der Waals surface area contributed by atoms with Gasteiger partial charge in [0, 0.05) is 14.2 Å². The largest absolute Gasteiger partial charge is 0.473 e. The summed E-state index contributed by atoms with van der Waals surface area (Å²) >= 11 is 0. The molecule has 0 rings (SSSR count). The van der Waals surface area contributed by atoms with Crippen LogP contribution in [0.2, 0.25) is 0 Å². The van der Waals surface area contributed by atoms with E-state index < -0.39 is 20.4 Å². The molecule has 0 aliphatic heterocycles. The molecule has 0 aromatic heterocycles. The van der Waals surface area contributed by atoms with Crippen molar-refractivity contribution < 1.29 is 23.2 Å². The molecule has 0 aromatic rings. The van der Waals surface area contributed by atoms with Gasteiger partial charge in [0.15, 0.2) is 0 Å². The van der Waals surface area contributed by atoms with Crippen molar-refractivity contribution in [2.75, 3.05) is 20.8 Å². The maximum absolute atomic E-state index is 11.1. The van der Waals surface area contributed by atoms with Gasteiger partial charge in [0.1, 0.15) is 7.85 Å². The van der Waals surface area contributed by atoms with Crippen molar-refractivity contribution in [3.05, 3.63) is 0 Å². The summed E-state index contributed by atoms with van der Waals surface area (Å²) in [7, 11) is 3.89. The van der Waals surface area contributed by atoms with E-state index in [-0.39, 0.29) is 0 Å². The summed E-state index contributed by atoms with van der Waals surface area (Å²) in [6.45, 7) is -0.448. The van der Waals surface area contributed by atoms with Crippen LogP contribution >= 0.6 is 7.82 Å². The van der Waals surface area contributed by atoms with Gasteiger partial charge in [-0.05, 0) is 0 Å².